The van der Waals surface area contributed by atoms with Gasteiger partial charge in [0, 0.05) is 43.2 Å². The molecule has 1 aliphatic rings. The second kappa shape index (κ2) is 45.3. The average Bonchev–Trinajstić information content (AvgIpc) is 0.912. The molecule has 1 aliphatic heterocycles. The molecule has 4 atom stereocenters. The molecule has 0 unspecified atom stereocenters. The molecule has 3 rings (SSSR count). The molecule has 98 heavy (non-hydrogen) atoms. The predicted molar refractivity (Wildman–Crippen MR) is 392 cm³/mol. The van der Waals surface area contributed by atoms with Gasteiger partial charge >= 0.3 is 24.0 Å². The van der Waals surface area contributed by atoms with E-state index in [-0.39, 0.29) is 71.5 Å². The summed E-state index contributed by atoms with van der Waals surface area (Å²) in [5.41, 5.74) is -2.24. The van der Waals surface area contributed by atoms with Gasteiger partial charge in [0.05, 0.1) is 32.5 Å². The van der Waals surface area contributed by atoms with Crippen molar-refractivity contribution in [1.29, 1.82) is 0 Å². The van der Waals surface area contributed by atoms with Crippen LogP contribution in [0, 0.1) is 10.8 Å². The smallest absolute Gasteiger partial charge is 0.408 e. The Morgan fingerprint density at radius 2 is 1.41 bits per heavy atom. The number of hydrogen-bond donors (Lipinski definition) is 6. The Morgan fingerprint density at radius 1 is 0.796 bits per heavy atom. The minimum atomic E-state index is -1.45. The molecule has 2 aromatic heterocycles. The van der Waals surface area contributed by atoms with Crippen molar-refractivity contribution < 1.29 is 71.7 Å². The van der Waals surface area contributed by atoms with Crippen molar-refractivity contribution in [3.63, 3.8) is 0 Å². The first-order chi connectivity index (χ1) is 46.0. The monoisotopic (exact) mass is 1460 g/mol. The highest BCUT2D eigenvalue weighted by Gasteiger charge is 2.38. The third kappa shape index (κ3) is 38.2. The van der Waals surface area contributed by atoms with Crippen LogP contribution in [0.15, 0.2) is 58.6 Å². The van der Waals surface area contributed by atoms with Gasteiger partial charge in [-0.2, -0.15) is 0 Å². The lowest BCUT2D eigenvalue weighted by atomic mass is 9.86. The van der Waals surface area contributed by atoms with Crippen molar-refractivity contribution >= 4 is 118 Å². The summed E-state index contributed by atoms with van der Waals surface area (Å²) in [5.74, 6) is -3.85. The fourth-order valence-corrected chi connectivity index (χ4v) is 12.4. The van der Waals surface area contributed by atoms with Gasteiger partial charge < -0.3 is 50.8 Å². The van der Waals surface area contributed by atoms with E-state index in [0.717, 1.165) is 62.3 Å². The average molecular weight is 1460 g/mol. The predicted octanol–water partition coefficient (Wildman–Crippen LogP) is 12.9. The number of hydrogen-bond acceptors (Lipinski definition) is 21. The molecule has 0 spiro atoms. The first-order valence-electron chi connectivity index (χ1n) is 33.9. The molecule has 0 fully saturated rings. The summed E-state index contributed by atoms with van der Waals surface area (Å²) < 4.78 is 22.3. The first-order valence-corrected chi connectivity index (χ1v) is 41.3. The van der Waals surface area contributed by atoms with E-state index in [9.17, 15) is 52.7 Å². The molecule has 0 radical (unpaired) electrons. The maximum atomic E-state index is 13.7. The van der Waals surface area contributed by atoms with E-state index in [2.05, 4.69) is 75.4 Å². The Morgan fingerprint density at radius 3 is 1.97 bits per heavy atom. The van der Waals surface area contributed by atoms with E-state index in [1.54, 1.807) is 106 Å². The molecule has 2 bridgehead atoms. The van der Waals surface area contributed by atoms with Gasteiger partial charge in [0.25, 0.3) is 23.6 Å². The van der Waals surface area contributed by atoms with E-state index in [4.69, 9.17) is 18.9 Å². The number of thioether (sulfide) groups is 2. The lowest BCUT2D eigenvalue weighted by molar-refractivity contribution is -0.157. The zero-order valence-electron chi connectivity index (χ0n) is 60.6. The van der Waals surface area contributed by atoms with Crippen molar-refractivity contribution in [2.45, 2.75) is 261 Å². The number of unbranched alkanes of at least 4 members (excludes halogenated alkanes) is 8. The van der Waals surface area contributed by atoms with E-state index in [1.165, 1.54) is 71.7 Å². The Hall–Kier alpha value is -6.49. The number of nitrogens with one attached hydrogen (secondary N) is 6. The van der Waals surface area contributed by atoms with Gasteiger partial charge in [-0.05, 0) is 89.3 Å². The number of ether oxygens (including phenoxy) is 4. The number of nitrogens with zero attached hydrogens (tertiary/aromatic N) is 2. The lowest BCUT2D eigenvalue weighted by Crippen LogP contribution is -2.52. The van der Waals surface area contributed by atoms with E-state index in [1.807, 2.05) is 0 Å². The minimum absolute atomic E-state index is 0.0264. The van der Waals surface area contributed by atoms with Gasteiger partial charge in [-0.3, -0.25) is 38.4 Å². The number of cyclic esters (lactones) is 1. The van der Waals surface area contributed by atoms with Gasteiger partial charge in [0.15, 0.2) is 10.2 Å². The van der Waals surface area contributed by atoms with E-state index < -0.39 is 96.4 Å². The molecule has 2 aromatic rings. The van der Waals surface area contributed by atoms with Gasteiger partial charge in [-0.25, -0.2) is 24.4 Å². The van der Waals surface area contributed by atoms with Gasteiger partial charge in [-0.15, -0.1) is 22.7 Å². The summed E-state index contributed by atoms with van der Waals surface area (Å²) in [6.07, 6.45) is 19.9. The van der Waals surface area contributed by atoms with Gasteiger partial charge in [-0.1, -0.05) is 174 Å². The second-order valence-corrected chi connectivity index (χ2v) is 37.6. The lowest BCUT2D eigenvalue weighted by Gasteiger charge is -2.31. The number of alkyl carbamates (subject to hydrolysis) is 1. The van der Waals surface area contributed by atoms with Gasteiger partial charge in [0.1, 0.15) is 62.7 Å². The Labute approximate surface area is 598 Å². The first kappa shape index (κ1) is 87.6. The third-order valence-corrected chi connectivity index (χ3v) is 19.6. The highest BCUT2D eigenvalue weighted by molar-refractivity contribution is 8.13. The number of carbonyl (C=O) groups is 11. The third-order valence-electron chi connectivity index (χ3n) is 14.3. The molecular weight excluding hydrogens is 1350 g/mol. The van der Waals surface area contributed by atoms with Crippen LogP contribution in [-0.4, -0.2) is 130 Å². The van der Waals surface area contributed by atoms with Crippen LogP contribution in [0.2, 0.25) is 25.7 Å². The maximum Gasteiger partial charge on any atom is 0.408 e. The largest absolute Gasteiger partial charge is 0.466 e. The number of thiazole rings is 2. The van der Waals surface area contributed by atoms with Crippen LogP contribution in [-0.2, 0) is 70.4 Å². The molecule has 0 aliphatic carbocycles. The molecule has 28 heteroatoms. The summed E-state index contributed by atoms with van der Waals surface area (Å²) >= 11 is 4.91. The number of carbonyl (C=O) groups excluding carboxylic acids is 11. The Balaban J connectivity index is 0.000000693. The molecule has 0 aromatic carbocycles. The Kier molecular flexibility index (Phi) is 40.5. The van der Waals surface area contributed by atoms with Crippen LogP contribution in [0.3, 0.4) is 0 Å². The molecule has 6 N–H and O–H groups in total. The van der Waals surface area contributed by atoms with Crippen LogP contribution in [0.4, 0.5) is 4.79 Å². The van der Waals surface area contributed by atoms with Crippen LogP contribution < -0.4 is 31.9 Å². The zero-order chi connectivity index (χ0) is 73.7. The molecular formula is C70H110N8O15S4Si. The molecule has 3 heterocycles. The fourth-order valence-electron chi connectivity index (χ4n) is 8.75. The van der Waals surface area contributed by atoms with Gasteiger partial charge in [0.2, 0.25) is 5.91 Å². The fraction of sp³-hybridized carbons (Fsp3) is 0.643. The van der Waals surface area contributed by atoms with Crippen LogP contribution >= 0.6 is 46.2 Å². The molecule has 6 amide bonds. The topological polar surface area (TPSA) is 323 Å². The van der Waals surface area contributed by atoms with Crippen LogP contribution in [0.5, 0.6) is 0 Å². The number of allylic oxidation sites excluding steroid dienone is 4. The molecule has 548 valence electrons. The minimum Gasteiger partial charge on any atom is -0.466 e. The highest BCUT2D eigenvalue weighted by atomic mass is 32.2. The number of rotatable bonds is 33. The zero-order valence-corrected chi connectivity index (χ0v) is 64.9. The number of aromatic nitrogens is 2. The van der Waals surface area contributed by atoms with Crippen molar-refractivity contribution in [1.82, 2.24) is 41.9 Å². The normalized spacial score (nSPS) is 16.4. The number of amides is 6. The van der Waals surface area contributed by atoms with Crippen molar-refractivity contribution in [2.75, 3.05) is 18.1 Å². The molecule has 0 saturated heterocycles. The number of esters is 3. The highest BCUT2D eigenvalue weighted by Crippen LogP contribution is 2.25. The standard InChI is InChI=1S/C40H66N4O9S2Si.C30H44N4O6S2/c1-12-14-15-16-17-21-33(46)54-23-19-18-20-28(25-32(45)51-22-24-56(9,10)11)52-37(49)34(39(3,4)5)44-35(47)29(13-2)43-36(48)30-27-55-31(42-30)26-41-38(50)53-40(6,7)8;1-6-8-9-10-11-15-25(36)41-16-13-12-14-20-17-23(35)31-18-24-32-22(19-42-24)28(38)33-21(7-2)27(37)34-26(29(39)40-20)30(3,4)5/h13,18,20,27-28,34H,12,14-17,19,21-26H2,1-11H3,(H,41,50)(H,43,48)(H,44,47);7,12,14,19-20,26H,6,8-11,13,15-18H2,1-5H3,(H,31,35)(H,33,38)(H,34,37)/b20-18+,29-13-;14-12+,21-7-/t28-,34-;20-,26-/m11/s1. The second-order valence-electron chi connectivity index (χ2n) is 27.8. The van der Waals surface area contributed by atoms with Crippen molar-refractivity contribution in [3.8, 4) is 0 Å². The summed E-state index contributed by atoms with van der Waals surface area (Å²) in [6.45, 7) is 30.2. The Bertz CT molecular complexity index is 3060. The van der Waals surface area contributed by atoms with Crippen LogP contribution in [0.1, 0.15) is 224 Å². The quantitative estimate of drug-likeness (QED) is 0.00965. The number of fused-ring (bicyclic) bond motifs is 2. The molecule has 23 nitrogen and oxygen atoms in total. The van der Waals surface area contributed by atoms with E-state index >= 15 is 0 Å². The van der Waals surface area contributed by atoms with E-state index in [0.29, 0.717) is 47.2 Å². The maximum absolute atomic E-state index is 13.7. The van der Waals surface area contributed by atoms with Crippen molar-refractivity contribution in [2.24, 2.45) is 10.8 Å². The van der Waals surface area contributed by atoms with Crippen LogP contribution in [0.25, 0.3) is 0 Å². The summed E-state index contributed by atoms with van der Waals surface area (Å²) in [6, 6.07) is -1.45. The molecule has 0 saturated carbocycles. The SMILES string of the molecule is C/C=C(\NC(=O)c1csc(CNC(=O)OC(C)(C)C)n1)C(=O)N[C@H](C(=O)O[C@H](/C=C/CCSC(=O)CCCCCCC)CC(=O)OCC[Si](C)(C)C)C(C)(C)C.C/C=C1\NC(=O)c2csc(n2)CNC(=O)C[C@@H](/C=C/CCSC(=O)CCCCCCC)OC(=O)[C@H](C(C)(C)C)NC1=O. The van der Waals surface area contributed by atoms with Crippen molar-refractivity contribution in [3.05, 3.63) is 80.0 Å². The summed E-state index contributed by atoms with van der Waals surface area (Å²) in [7, 11) is -1.45. The summed E-state index contributed by atoms with van der Waals surface area (Å²) in [5, 5.41) is 20.1. The summed E-state index contributed by atoms with van der Waals surface area (Å²) in [4.78, 5) is 150.